The highest BCUT2D eigenvalue weighted by Crippen LogP contribution is 2.44. The molecule has 1 aromatic heterocycles. The lowest BCUT2D eigenvalue weighted by molar-refractivity contribution is -0.384. The second-order valence-electron chi connectivity index (χ2n) is 7.58. The van der Waals surface area contributed by atoms with Crippen molar-refractivity contribution in [2.45, 2.75) is 6.92 Å². The second-order valence-corrected chi connectivity index (χ2v) is 7.58. The molecule has 0 unspecified atom stereocenters. The molecule has 0 atom stereocenters. The molecule has 32 heavy (non-hydrogen) atoms. The molecule has 0 spiro atoms. The molecule has 2 aromatic carbocycles. The van der Waals surface area contributed by atoms with Crippen molar-refractivity contribution >= 4 is 28.1 Å². The molecule has 1 fully saturated rings. The number of ether oxygens (including phenoxy) is 3. The maximum Gasteiger partial charge on any atom is 0.269 e. The molecule has 9 nitrogen and oxygen atoms in total. The number of benzene rings is 2. The van der Waals surface area contributed by atoms with Crippen LogP contribution in [0.1, 0.15) is 5.56 Å². The van der Waals surface area contributed by atoms with Gasteiger partial charge in [0.05, 0.1) is 31.8 Å². The largest absolute Gasteiger partial charge is 0.493 e. The smallest absolute Gasteiger partial charge is 0.269 e. The van der Waals surface area contributed by atoms with Crippen molar-refractivity contribution in [3.63, 3.8) is 0 Å². The Bertz CT molecular complexity index is 1140. The molecule has 1 aliphatic heterocycles. The average Bonchev–Trinajstić information content (AvgIpc) is 2.82. The number of aryl methyl sites for hydroxylation is 1. The van der Waals surface area contributed by atoms with E-state index in [9.17, 15) is 10.1 Å². The maximum absolute atomic E-state index is 10.9. The van der Waals surface area contributed by atoms with E-state index in [1.165, 1.54) is 0 Å². The zero-order chi connectivity index (χ0) is 22.8. The molecular weight excluding hydrogens is 412 g/mol. The first kappa shape index (κ1) is 21.5. The van der Waals surface area contributed by atoms with Crippen LogP contribution in [0.5, 0.6) is 17.2 Å². The van der Waals surface area contributed by atoms with Gasteiger partial charge in [-0.3, -0.25) is 10.1 Å². The molecule has 0 aliphatic carbocycles. The van der Waals surface area contributed by atoms with Gasteiger partial charge in [0.25, 0.3) is 5.69 Å². The number of nitro groups is 1. The van der Waals surface area contributed by atoms with Crippen LogP contribution in [0.25, 0.3) is 10.9 Å². The van der Waals surface area contributed by atoms with E-state index in [-0.39, 0.29) is 10.6 Å². The molecular formula is C23H26N4O5. The number of pyridine rings is 1. The van der Waals surface area contributed by atoms with E-state index < -0.39 is 0 Å². The highest BCUT2D eigenvalue weighted by Gasteiger charge is 2.23. The number of rotatable bonds is 6. The number of piperazine rings is 1. The van der Waals surface area contributed by atoms with Gasteiger partial charge in [-0.1, -0.05) is 0 Å². The zero-order valence-corrected chi connectivity index (χ0v) is 18.6. The second kappa shape index (κ2) is 8.78. The van der Waals surface area contributed by atoms with E-state index in [2.05, 4.69) is 15.9 Å². The molecule has 2 heterocycles. The van der Waals surface area contributed by atoms with E-state index in [1.54, 1.807) is 45.6 Å². The summed E-state index contributed by atoms with van der Waals surface area (Å²) in [4.78, 5) is 19.9. The van der Waals surface area contributed by atoms with Gasteiger partial charge < -0.3 is 24.0 Å². The van der Waals surface area contributed by atoms with Crippen LogP contribution < -0.4 is 24.0 Å². The third kappa shape index (κ3) is 3.81. The minimum atomic E-state index is -0.380. The minimum absolute atomic E-state index is 0.103. The van der Waals surface area contributed by atoms with E-state index in [4.69, 9.17) is 19.2 Å². The molecule has 3 aromatic rings. The fourth-order valence-electron chi connectivity index (χ4n) is 4.17. The first-order valence-corrected chi connectivity index (χ1v) is 10.3. The maximum atomic E-state index is 10.9. The topological polar surface area (TPSA) is 90.2 Å². The van der Waals surface area contributed by atoms with Crippen LogP contribution in [0.3, 0.4) is 0 Å². The van der Waals surface area contributed by atoms with Gasteiger partial charge in [0.1, 0.15) is 5.82 Å². The first-order chi connectivity index (χ1) is 15.5. The number of hydrogen-bond donors (Lipinski definition) is 0. The van der Waals surface area contributed by atoms with Gasteiger partial charge in [0, 0.05) is 55.5 Å². The van der Waals surface area contributed by atoms with Crippen LogP contribution in [0, 0.1) is 17.0 Å². The molecule has 0 N–H and O–H groups in total. The number of anilines is 2. The van der Waals surface area contributed by atoms with Crippen molar-refractivity contribution in [1.82, 2.24) is 4.98 Å². The molecule has 0 saturated carbocycles. The minimum Gasteiger partial charge on any atom is -0.493 e. The number of methoxy groups -OCH3 is 3. The Kier molecular flexibility index (Phi) is 5.89. The Morgan fingerprint density at radius 3 is 2.09 bits per heavy atom. The highest BCUT2D eigenvalue weighted by molar-refractivity contribution is 5.94. The number of hydrogen-bond acceptors (Lipinski definition) is 8. The van der Waals surface area contributed by atoms with Crippen molar-refractivity contribution in [3.05, 3.63) is 52.1 Å². The summed E-state index contributed by atoms with van der Waals surface area (Å²) in [5, 5.41) is 11.8. The fourth-order valence-corrected chi connectivity index (χ4v) is 4.17. The van der Waals surface area contributed by atoms with Crippen LogP contribution in [-0.4, -0.2) is 57.4 Å². The Morgan fingerprint density at radius 1 is 0.906 bits per heavy atom. The molecule has 1 saturated heterocycles. The summed E-state index contributed by atoms with van der Waals surface area (Å²) >= 11 is 0. The lowest BCUT2D eigenvalue weighted by Crippen LogP contribution is -2.46. The number of non-ortho nitro benzene ring substituents is 1. The van der Waals surface area contributed by atoms with Gasteiger partial charge in [-0.25, -0.2) is 4.98 Å². The predicted molar refractivity (Wildman–Crippen MR) is 124 cm³/mol. The highest BCUT2D eigenvalue weighted by atomic mass is 16.6. The van der Waals surface area contributed by atoms with Crippen LogP contribution >= 0.6 is 0 Å². The van der Waals surface area contributed by atoms with Gasteiger partial charge >= 0.3 is 0 Å². The normalized spacial score (nSPS) is 13.9. The SMILES string of the molecule is COc1cc2nc(N3CCN(c4ccc([N+](=O)[O-])cc4)CC3)cc(C)c2c(OC)c1OC. The molecule has 0 amide bonds. The Morgan fingerprint density at radius 2 is 1.53 bits per heavy atom. The van der Waals surface area contributed by atoms with Crippen molar-refractivity contribution in [2.75, 3.05) is 57.3 Å². The predicted octanol–water partition coefficient (Wildman–Crippen LogP) is 3.80. The Hall–Kier alpha value is -3.75. The molecule has 4 rings (SSSR count). The first-order valence-electron chi connectivity index (χ1n) is 10.3. The molecule has 168 valence electrons. The van der Waals surface area contributed by atoms with Crippen LogP contribution in [0.2, 0.25) is 0 Å². The number of nitro benzene ring substituents is 1. The van der Waals surface area contributed by atoms with Crippen molar-refractivity contribution < 1.29 is 19.1 Å². The van der Waals surface area contributed by atoms with E-state index in [0.717, 1.165) is 54.2 Å². The fraction of sp³-hybridized carbons (Fsp3) is 0.348. The van der Waals surface area contributed by atoms with Crippen molar-refractivity contribution in [2.24, 2.45) is 0 Å². The van der Waals surface area contributed by atoms with Crippen LogP contribution in [0.4, 0.5) is 17.2 Å². The average molecular weight is 438 g/mol. The number of aromatic nitrogens is 1. The summed E-state index contributed by atoms with van der Waals surface area (Å²) in [6.45, 7) is 5.21. The standard InChI is InChI=1S/C23H26N4O5/c1-15-13-20(24-18-14-19(30-2)22(31-3)23(32-4)21(15)18)26-11-9-25(10-12-26)16-5-7-17(8-6-16)27(28)29/h5-8,13-14H,9-12H2,1-4H3. The zero-order valence-electron chi connectivity index (χ0n) is 18.6. The van der Waals surface area contributed by atoms with E-state index in [0.29, 0.717) is 17.2 Å². The van der Waals surface area contributed by atoms with Crippen LogP contribution in [-0.2, 0) is 0 Å². The summed E-state index contributed by atoms with van der Waals surface area (Å²) in [5.41, 5.74) is 2.91. The summed E-state index contributed by atoms with van der Waals surface area (Å²) in [7, 11) is 4.80. The van der Waals surface area contributed by atoms with Gasteiger partial charge in [0.2, 0.25) is 5.75 Å². The lowest BCUT2D eigenvalue weighted by Gasteiger charge is -2.37. The van der Waals surface area contributed by atoms with Gasteiger partial charge in [-0.2, -0.15) is 0 Å². The van der Waals surface area contributed by atoms with Crippen molar-refractivity contribution in [3.8, 4) is 17.2 Å². The van der Waals surface area contributed by atoms with Gasteiger partial charge in [-0.05, 0) is 30.7 Å². The summed E-state index contributed by atoms with van der Waals surface area (Å²) in [6, 6.07) is 10.6. The third-order valence-corrected chi connectivity index (χ3v) is 5.81. The monoisotopic (exact) mass is 438 g/mol. The number of fused-ring (bicyclic) bond motifs is 1. The molecule has 0 radical (unpaired) electrons. The molecule has 1 aliphatic rings. The summed E-state index contributed by atoms with van der Waals surface area (Å²) in [6.07, 6.45) is 0. The van der Waals surface area contributed by atoms with E-state index in [1.807, 2.05) is 13.0 Å². The Labute approximate surface area is 186 Å². The van der Waals surface area contributed by atoms with Crippen LogP contribution in [0.15, 0.2) is 36.4 Å². The molecule has 9 heteroatoms. The van der Waals surface area contributed by atoms with E-state index >= 15 is 0 Å². The van der Waals surface area contributed by atoms with Crippen molar-refractivity contribution in [1.29, 1.82) is 0 Å². The van der Waals surface area contributed by atoms with Gasteiger partial charge in [-0.15, -0.1) is 0 Å². The number of nitrogens with zero attached hydrogens (tertiary/aromatic N) is 4. The quantitative estimate of drug-likeness (QED) is 0.424. The summed E-state index contributed by atoms with van der Waals surface area (Å²) in [5.74, 6) is 2.63. The lowest BCUT2D eigenvalue weighted by atomic mass is 10.1. The molecule has 0 bridgehead atoms. The third-order valence-electron chi connectivity index (χ3n) is 5.81. The Balaban J connectivity index is 1.59. The summed E-state index contributed by atoms with van der Waals surface area (Å²) < 4.78 is 16.6. The van der Waals surface area contributed by atoms with Gasteiger partial charge in [0.15, 0.2) is 11.5 Å².